The van der Waals surface area contributed by atoms with Crippen molar-refractivity contribution in [2.45, 2.75) is 38.6 Å². The van der Waals surface area contributed by atoms with Crippen LogP contribution in [-0.2, 0) is 0 Å². The summed E-state index contributed by atoms with van der Waals surface area (Å²) in [6.07, 6.45) is 5.27. The van der Waals surface area contributed by atoms with E-state index in [9.17, 15) is 0 Å². The molecule has 0 saturated carbocycles. The Bertz CT molecular complexity index is 97.7. The molecule has 0 aromatic heterocycles. The monoisotopic (exact) mass is 156 g/mol. The van der Waals surface area contributed by atoms with E-state index < -0.39 is 0 Å². The molecular weight excluding hydrogens is 136 g/mol. The van der Waals surface area contributed by atoms with Crippen molar-refractivity contribution in [1.29, 1.82) is 0 Å². The Balaban J connectivity index is 2.13. The molecule has 1 aliphatic heterocycles. The third kappa shape index (κ3) is 3.21. The zero-order valence-electron chi connectivity index (χ0n) is 7.55. The lowest BCUT2D eigenvalue weighted by molar-refractivity contribution is 0.214. The Morgan fingerprint density at radius 1 is 1.27 bits per heavy atom. The number of nitrogens with zero attached hydrogens (tertiary/aromatic N) is 1. The van der Waals surface area contributed by atoms with Gasteiger partial charge in [0.25, 0.3) is 0 Å². The van der Waals surface area contributed by atoms with E-state index in [1.54, 1.807) is 0 Å². The van der Waals surface area contributed by atoms with Gasteiger partial charge >= 0.3 is 0 Å². The van der Waals surface area contributed by atoms with Gasteiger partial charge in [0.2, 0.25) is 0 Å². The molecule has 11 heavy (non-hydrogen) atoms. The van der Waals surface area contributed by atoms with E-state index >= 15 is 0 Å². The van der Waals surface area contributed by atoms with Gasteiger partial charge in [0.1, 0.15) is 0 Å². The standard InChI is InChI=1S/C9H20N2/c1-2-9(10)8-11-6-4-3-5-7-11/h9H,2-8,10H2,1H3/t9-/m0/s1. The first kappa shape index (κ1) is 9.01. The topological polar surface area (TPSA) is 29.3 Å². The molecule has 2 heteroatoms. The van der Waals surface area contributed by atoms with Crippen molar-refractivity contribution < 1.29 is 0 Å². The number of nitrogens with two attached hydrogens (primary N) is 1. The van der Waals surface area contributed by atoms with Crippen molar-refractivity contribution in [1.82, 2.24) is 4.90 Å². The second-order valence-corrected chi connectivity index (χ2v) is 3.53. The van der Waals surface area contributed by atoms with Crippen LogP contribution in [0.2, 0.25) is 0 Å². The summed E-state index contributed by atoms with van der Waals surface area (Å²) in [5, 5.41) is 0. The molecule has 0 amide bonds. The van der Waals surface area contributed by atoms with Gasteiger partial charge in [-0.1, -0.05) is 13.3 Å². The predicted octanol–water partition coefficient (Wildman–Crippen LogP) is 1.21. The lowest BCUT2D eigenvalue weighted by Gasteiger charge is -2.28. The zero-order valence-corrected chi connectivity index (χ0v) is 7.55. The Morgan fingerprint density at radius 2 is 1.91 bits per heavy atom. The van der Waals surface area contributed by atoms with E-state index in [0.29, 0.717) is 6.04 Å². The largest absolute Gasteiger partial charge is 0.327 e. The highest BCUT2D eigenvalue weighted by Gasteiger charge is 2.11. The maximum atomic E-state index is 5.86. The molecule has 1 atom stereocenters. The Morgan fingerprint density at radius 3 is 2.45 bits per heavy atom. The number of piperidine rings is 1. The number of likely N-dealkylation sites (tertiary alicyclic amines) is 1. The van der Waals surface area contributed by atoms with Crippen molar-refractivity contribution >= 4 is 0 Å². The van der Waals surface area contributed by atoms with E-state index in [4.69, 9.17) is 5.73 Å². The van der Waals surface area contributed by atoms with Gasteiger partial charge in [-0.05, 0) is 32.4 Å². The van der Waals surface area contributed by atoms with Gasteiger partial charge in [0.05, 0.1) is 0 Å². The van der Waals surface area contributed by atoms with Crippen LogP contribution >= 0.6 is 0 Å². The highest BCUT2D eigenvalue weighted by Crippen LogP contribution is 2.08. The lowest BCUT2D eigenvalue weighted by atomic mass is 10.1. The second-order valence-electron chi connectivity index (χ2n) is 3.53. The molecule has 0 aromatic carbocycles. The van der Waals surface area contributed by atoms with Crippen LogP contribution in [0.4, 0.5) is 0 Å². The Kier molecular flexibility index (Phi) is 3.87. The SMILES string of the molecule is CC[C@H](N)CN1CCCCC1. The summed E-state index contributed by atoms with van der Waals surface area (Å²) in [6.45, 7) is 5.81. The van der Waals surface area contributed by atoms with Crippen LogP contribution < -0.4 is 5.73 Å². The van der Waals surface area contributed by atoms with Gasteiger partial charge in [0.15, 0.2) is 0 Å². The maximum absolute atomic E-state index is 5.86. The van der Waals surface area contributed by atoms with Gasteiger partial charge in [-0.25, -0.2) is 0 Å². The van der Waals surface area contributed by atoms with Crippen molar-refractivity contribution in [2.24, 2.45) is 5.73 Å². The highest BCUT2D eigenvalue weighted by atomic mass is 15.1. The smallest absolute Gasteiger partial charge is 0.0165 e. The third-order valence-corrected chi connectivity index (χ3v) is 2.47. The molecule has 0 unspecified atom stereocenters. The van der Waals surface area contributed by atoms with E-state index in [1.165, 1.54) is 32.4 Å². The molecule has 0 bridgehead atoms. The molecule has 1 saturated heterocycles. The Hall–Kier alpha value is -0.0800. The molecule has 0 aromatic rings. The average Bonchev–Trinajstić information content (AvgIpc) is 2.06. The van der Waals surface area contributed by atoms with Crippen molar-refractivity contribution in [2.75, 3.05) is 19.6 Å². The van der Waals surface area contributed by atoms with E-state index in [2.05, 4.69) is 11.8 Å². The van der Waals surface area contributed by atoms with E-state index in [1.807, 2.05) is 0 Å². The molecule has 1 aliphatic rings. The second kappa shape index (κ2) is 4.73. The summed E-state index contributed by atoms with van der Waals surface area (Å²) < 4.78 is 0. The van der Waals surface area contributed by atoms with Gasteiger partial charge < -0.3 is 10.6 Å². The van der Waals surface area contributed by atoms with Crippen LogP contribution in [0.1, 0.15) is 32.6 Å². The van der Waals surface area contributed by atoms with Crippen LogP contribution in [0.5, 0.6) is 0 Å². The van der Waals surface area contributed by atoms with Crippen LogP contribution in [0.15, 0.2) is 0 Å². The fourth-order valence-corrected chi connectivity index (χ4v) is 1.60. The molecule has 0 spiro atoms. The minimum Gasteiger partial charge on any atom is -0.327 e. The summed E-state index contributed by atoms with van der Waals surface area (Å²) in [5.41, 5.74) is 5.86. The third-order valence-electron chi connectivity index (χ3n) is 2.47. The first-order valence-electron chi connectivity index (χ1n) is 4.81. The number of hydrogen-bond acceptors (Lipinski definition) is 2. The summed E-state index contributed by atoms with van der Waals surface area (Å²) in [4.78, 5) is 2.50. The van der Waals surface area contributed by atoms with Crippen molar-refractivity contribution in [3.8, 4) is 0 Å². The minimum atomic E-state index is 0.396. The van der Waals surface area contributed by atoms with Gasteiger partial charge in [0, 0.05) is 12.6 Å². The molecule has 2 N–H and O–H groups in total. The first-order valence-corrected chi connectivity index (χ1v) is 4.81. The first-order chi connectivity index (χ1) is 5.33. The van der Waals surface area contributed by atoms with Crippen molar-refractivity contribution in [3.05, 3.63) is 0 Å². The van der Waals surface area contributed by atoms with Crippen LogP contribution in [-0.4, -0.2) is 30.6 Å². The van der Waals surface area contributed by atoms with Crippen LogP contribution in [0.3, 0.4) is 0 Å². The van der Waals surface area contributed by atoms with Crippen molar-refractivity contribution in [3.63, 3.8) is 0 Å². The minimum absolute atomic E-state index is 0.396. The zero-order chi connectivity index (χ0) is 8.10. The molecule has 1 rings (SSSR count). The molecule has 0 aliphatic carbocycles. The molecule has 2 nitrogen and oxygen atoms in total. The summed E-state index contributed by atoms with van der Waals surface area (Å²) in [7, 11) is 0. The predicted molar refractivity (Wildman–Crippen MR) is 48.6 cm³/mol. The highest BCUT2D eigenvalue weighted by molar-refractivity contribution is 4.70. The summed E-state index contributed by atoms with van der Waals surface area (Å²) >= 11 is 0. The summed E-state index contributed by atoms with van der Waals surface area (Å²) in [5.74, 6) is 0. The van der Waals surface area contributed by atoms with E-state index in [-0.39, 0.29) is 0 Å². The molecule has 1 fully saturated rings. The fraction of sp³-hybridized carbons (Fsp3) is 1.00. The Labute approximate surface area is 69.8 Å². The quantitative estimate of drug-likeness (QED) is 0.665. The molecule has 66 valence electrons. The number of rotatable bonds is 3. The van der Waals surface area contributed by atoms with Gasteiger partial charge in [-0.3, -0.25) is 0 Å². The molecule has 1 heterocycles. The van der Waals surface area contributed by atoms with Crippen LogP contribution in [0.25, 0.3) is 0 Å². The van der Waals surface area contributed by atoms with E-state index in [0.717, 1.165) is 13.0 Å². The lowest BCUT2D eigenvalue weighted by Crippen LogP contribution is -2.39. The average molecular weight is 156 g/mol. The molecular formula is C9H20N2. The normalized spacial score (nSPS) is 23.5. The maximum Gasteiger partial charge on any atom is 0.0165 e. The summed E-state index contributed by atoms with van der Waals surface area (Å²) in [6, 6.07) is 0.396. The van der Waals surface area contributed by atoms with Crippen LogP contribution in [0, 0.1) is 0 Å². The van der Waals surface area contributed by atoms with Gasteiger partial charge in [-0.15, -0.1) is 0 Å². The fourth-order valence-electron chi connectivity index (χ4n) is 1.60. The number of hydrogen-bond donors (Lipinski definition) is 1. The molecule has 0 radical (unpaired) electrons. The van der Waals surface area contributed by atoms with Gasteiger partial charge in [-0.2, -0.15) is 0 Å².